The molecular weight excluding hydrogens is 341 g/mol. The first kappa shape index (κ1) is 21.8. The van der Waals surface area contributed by atoms with Crippen LogP contribution in [0.3, 0.4) is 0 Å². The van der Waals surface area contributed by atoms with Crippen LogP contribution in [0.15, 0.2) is 0 Å². The predicted molar refractivity (Wildman–Crippen MR) is 112 cm³/mol. The summed E-state index contributed by atoms with van der Waals surface area (Å²) in [6, 6.07) is 0. The molecule has 0 N–H and O–H groups in total. The topological polar surface area (TPSA) is 0 Å². The Kier molecular flexibility index (Phi) is 17.0. The van der Waals surface area contributed by atoms with Crippen molar-refractivity contribution in [3.05, 3.63) is 0 Å². The van der Waals surface area contributed by atoms with Crippen LogP contribution in [0.5, 0.6) is 0 Å². The maximum absolute atomic E-state index is 4.79. The molecule has 0 aliphatic heterocycles. The molecule has 0 rings (SSSR count). The predicted octanol–water partition coefficient (Wildman–Crippen LogP) is 5.50. The van der Waals surface area contributed by atoms with Crippen LogP contribution >= 0.6 is 63.1 Å². The summed E-state index contributed by atoms with van der Waals surface area (Å²) >= 11 is 22.6. The Morgan fingerprint density at radius 2 is 1.20 bits per heavy atom. The third kappa shape index (κ3) is 12.3. The van der Waals surface area contributed by atoms with Crippen molar-refractivity contribution in [3.8, 4) is 0 Å². The summed E-state index contributed by atoms with van der Waals surface area (Å²) < 4.78 is 0. The van der Waals surface area contributed by atoms with Gasteiger partial charge in [-0.3, -0.25) is 0 Å². The lowest BCUT2D eigenvalue weighted by atomic mass is 9.95. The SMILES string of the molecule is SCCCCCC(S)CC(CS)C(S)CCCCCS. The van der Waals surface area contributed by atoms with Gasteiger partial charge in [0.2, 0.25) is 0 Å². The molecule has 0 heterocycles. The summed E-state index contributed by atoms with van der Waals surface area (Å²) in [4.78, 5) is 0. The van der Waals surface area contributed by atoms with E-state index in [1.807, 2.05) is 0 Å². The number of hydrogen-bond acceptors (Lipinski definition) is 5. The molecule has 0 aromatic heterocycles. The Hall–Kier alpha value is 1.75. The van der Waals surface area contributed by atoms with Gasteiger partial charge in [-0.15, -0.1) is 0 Å². The molecule has 0 radical (unpaired) electrons. The monoisotopic (exact) mass is 372 g/mol. The molecule has 0 nitrogen and oxygen atoms in total. The first-order valence-corrected chi connectivity index (χ1v) is 10.8. The van der Waals surface area contributed by atoms with Crippen LogP contribution in [0.25, 0.3) is 0 Å². The fourth-order valence-corrected chi connectivity index (χ4v) is 4.25. The first-order valence-electron chi connectivity index (χ1n) is 7.84. The van der Waals surface area contributed by atoms with Crippen molar-refractivity contribution in [3.63, 3.8) is 0 Å². The zero-order valence-electron chi connectivity index (χ0n) is 12.5. The molecule has 3 unspecified atom stereocenters. The molecule has 0 aromatic carbocycles. The minimum Gasteiger partial charge on any atom is -0.179 e. The van der Waals surface area contributed by atoms with Gasteiger partial charge in [0.15, 0.2) is 0 Å². The van der Waals surface area contributed by atoms with Crippen molar-refractivity contribution in [2.75, 3.05) is 17.3 Å². The average Bonchev–Trinajstić information content (AvgIpc) is 2.45. The van der Waals surface area contributed by atoms with Gasteiger partial charge in [-0.05, 0) is 55.3 Å². The Morgan fingerprint density at radius 3 is 1.70 bits per heavy atom. The molecule has 0 fully saturated rings. The Bertz CT molecular complexity index is 201. The van der Waals surface area contributed by atoms with E-state index in [0.717, 1.165) is 23.7 Å². The lowest BCUT2D eigenvalue weighted by Gasteiger charge is -2.24. The molecule has 0 saturated carbocycles. The summed E-state index contributed by atoms with van der Waals surface area (Å²) in [5.74, 6) is 3.51. The number of thiol groups is 5. The summed E-state index contributed by atoms with van der Waals surface area (Å²) in [6.45, 7) is 0. The third-order valence-corrected chi connectivity index (χ3v) is 5.96. The standard InChI is InChI=1S/C15H32S5/c16-9-5-1-3-7-14(19)11-13(12-18)15(20)8-4-2-6-10-17/h13-20H,1-12H2. The minimum absolute atomic E-state index is 0.472. The number of rotatable bonds is 14. The van der Waals surface area contributed by atoms with Crippen molar-refractivity contribution in [2.45, 2.75) is 68.3 Å². The first-order chi connectivity index (χ1) is 9.65. The van der Waals surface area contributed by atoms with E-state index in [1.54, 1.807) is 0 Å². The van der Waals surface area contributed by atoms with Gasteiger partial charge in [-0.25, -0.2) is 0 Å². The summed E-state index contributed by atoms with van der Waals surface area (Å²) in [5, 5.41) is 0.971. The highest BCUT2D eigenvalue weighted by molar-refractivity contribution is 7.81. The molecule has 0 aliphatic carbocycles. The molecule has 0 aromatic rings. The maximum Gasteiger partial charge on any atom is 0.00532 e. The van der Waals surface area contributed by atoms with Gasteiger partial charge in [-0.1, -0.05) is 25.7 Å². The quantitative estimate of drug-likeness (QED) is 0.193. The number of unbranched alkanes of at least 4 members (excludes halogenated alkanes) is 4. The van der Waals surface area contributed by atoms with Gasteiger partial charge in [0.05, 0.1) is 0 Å². The van der Waals surface area contributed by atoms with E-state index in [1.165, 1.54) is 51.4 Å². The van der Waals surface area contributed by atoms with Crippen molar-refractivity contribution in [1.29, 1.82) is 0 Å². The van der Waals surface area contributed by atoms with Crippen LogP contribution < -0.4 is 0 Å². The Labute approximate surface area is 154 Å². The molecule has 0 aliphatic rings. The van der Waals surface area contributed by atoms with Gasteiger partial charge in [-0.2, -0.15) is 63.1 Å². The normalized spacial score (nSPS) is 16.1. The second kappa shape index (κ2) is 15.6. The molecule has 20 heavy (non-hydrogen) atoms. The lowest BCUT2D eigenvalue weighted by Crippen LogP contribution is -2.21. The van der Waals surface area contributed by atoms with Crippen LogP contribution in [0.4, 0.5) is 0 Å². The van der Waals surface area contributed by atoms with E-state index in [2.05, 4.69) is 37.9 Å². The highest BCUT2D eigenvalue weighted by atomic mass is 32.1. The largest absolute Gasteiger partial charge is 0.179 e. The third-order valence-electron chi connectivity index (χ3n) is 3.71. The van der Waals surface area contributed by atoms with E-state index in [9.17, 15) is 0 Å². The van der Waals surface area contributed by atoms with Crippen molar-refractivity contribution in [1.82, 2.24) is 0 Å². The van der Waals surface area contributed by atoms with Crippen molar-refractivity contribution >= 4 is 63.1 Å². The molecule has 0 spiro atoms. The van der Waals surface area contributed by atoms with Gasteiger partial charge in [0.25, 0.3) is 0 Å². The smallest absolute Gasteiger partial charge is 0.00532 e. The van der Waals surface area contributed by atoms with Crippen molar-refractivity contribution < 1.29 is 0 Å². The fraction of sp³-hybridized carbons (Fsp3) is 1.00. The second-order valence-corrected chi connectivity index (χ2v) is 8.20. The fourth-order valence-electron chi connectivity index (χ4n) is 2.37. The molecule has 122 valence electrons. The molecule has 0 saturated heterocycles. The zero-order chi connectivity index (χ0) is 15.2. The van der Waals surface area contributed by atoms with Crippen LogP contribution in [0.2, 0.25) is 0 Å². The van der Waals surface area contributed by atoms with Crippen molar-refractivity contribution in [2.24, 2.45) is 5.92 Å². The van der Waals surface area contributed by atoms with Gasteiger partial charge in [0.1, 0.15) is 0 Å². The Morgan fingerprint density at radius 1 is 0.650 bits per heavy atom. The van der Waals surface area contributed by atoms with Crippen LogP contribution in [-0.4, -0.2) is 27.8 Å². The molecule has 0 bridgehead atoms. The van der Waals surface area contributed by atoms with Gasteiger partial charge >= 0.3 is 0 Å². The molecule has 0 amide bonds. The summed E-state index contributed by atoms with van der Waals surface area (Å²) in [7, 11) is 0. The number of hydrogen-bond donors (Lipinski definition) is 5. The second-order valence-electron chi connectivity index (χ2n) is 5.55. The van der Waals surface area contributed by atoms with Gasteiger partial charge < -0.3 is 0 Å². The van der Waals surface area contributed by atoms with E-state index in [-0.39, 0.29) is 0 Å². The van der Waals surface area contributed by atoms with E-state index in [4.69, 9.17) is 25.3 Å². The van der Waals surface area contributed by atoms with Crippen LogP contribution in [-0.2, 0) is 0 Å². The van der Waals surface area contributed by atoms with E-state index >= 15 is 0 Å². The van der Waals surface area contributed by atoms with E-state index < -0.39 is 0 Å². The van der Waals surface area contributed by atoms with Gasteiger partial charge in [0, 0.05) is 10.5 Å². The maximum atomic E-state index is 4.79. The molecular formula is C15H32S5. The highest BCUT2D eigenvalue weighted by Gasteiger charge is 2.19. The van der Waals surface area contributed by atoms with Crippen LogP contribution in [0.1, 0.15) is 57.8 Å². The zero-order valence-corrected chi connectivity index (χ0v) is 16.9. The average molecular weight is 373 g/mol. The van der Waals surface area contributed by atoms with Crippen LogP contribution in [0, 0.1) is 5.92 Å². The summed E-state index contributed by atoms with van der Waals surface area (Å²) in [5.41, 5.74) is 0. The molecule has 3 atom stereocenters. The Balaban J connectivity index is 3.81. The summed E-state index contributed by atoms with van der Waals surface area (Å²) in [6.07, 6.45) is 11.1. The molecule has 5 heteroatoms. The minimum atomic E-state index is 0.472. The highest BCUT2D eigenvalue weighted by Crippen LogP contribution is 2.26. The van der Waals surface area contributed by atoms with E-state index in [0.29, 0.717) is 16.4 Å². The lowest BCUT2D eigenvalue weighted by molar-refractivity contribution is 0.463.